The molecule has 0 radical (unpaired) electrons. The number of rotatable bonds is 49. The van der Waals surface area contributed by atoms with Crippen LogP contribution in [0.15, 0.2) is 0 Å². The van der Waals surface area contributed by atoms with Gasteiger partial charge in [0.25, 0.3) is 0 Å². The van der Waals surface area contributed by atoms with Gasteiger partial charge in [-0.3, -0.25) is 14.4 Å². The number of ether oxygens (including phenoxy) is 3. The number of hydrogen-bond acceptors (Lipinski definition) is 6. The molecule has 0 aromatic carbocycles. The number of carbonyl (C=O) groups excluding carboxylic acids is 3. The topological polar surface area (TPSA) is 78.9 Å². The van der Waals surface area contributed by atoms with Gasteiger partial charge in [0, 0.05) is 19.3 Å². The summed E-state index contributed by atoms with van der Waals surface area (Å²) in [6.07, 6.45) is 49.4. The van der Waals surface area contributed by atoms with E-state index in [1.165, 1.54) is 193 Å². The van der Waals surface area contributed by atoms with Gasteiger partial charge in [0.2, 0.25) is 0 Å². The molecule has 6 heteroatoms. The molecule has 362 valence electrons. The van der Waals surface area contributed by atoms with E-state index in [-0.39, 0.29) is 31.1 Å². The van der Waals surface area contributed by atoms with E-state index < -0.39 is 6.10 Å². The van der Waals surface area contributed by atoms with Gasteiger partial charge in [0.15, 0.2) is 6.10 Å². The molecule has 0 spiro atoms. The van der Waals surface area contributed by atoms with Crippen LogP contribution >= 0.6 is 0 Å². The quantitative estimate of drug-likeness (QED) is 0.0344. The van der Waals surface area contributed by atoms with Gasteiger partial charge < -0.3 is 14.2 Å². The fourth-order valence-corrected chi connectivity index (χ4v) is 8.28. The minimum Gasteiger partial charge on any atom is -0.462 e. The summed E-state index contributed by atoms with van der Waals surface area (Å²) in [4.78, 5) is 38.0. The summed E-state index contributed by atoms with van der Waals surface area (Å²) >= 11 is 0. The zero-order chi connectivity index (χ0) is 44.7. The standard InChI is InChI=1S/C55H106O6/c1-6-9-10-11-12-13-14-15-16-20-23-26-29-35-40-45-53(56)59-48-52(61-55(58)47-42-37-32-31-34-39-44-51(5)8-3)49-60-54(57)46-41-36-30-27-24-21-18-17-19-22-25-28-33-38-43-50(4)7-2/h50-52H,6-49H2,1-5H3/t50?,51?,52-/m1/s1. The van der Waals surface area contributed by atoms with E-state index in [1.807, 2.05) is 0 Å². The van der Waals surface area contributed by atoms with Gasteiger partial charge in [-0.05, 0) is 31.1 Å². The van der Waals surface area contributed by atoms with Crippen molar-refractivity contribution in [2.75, 3.05) is 13.2 Å². The maximum Gasteiger partial charge on any atom is 0.306 e. The fourth-order valence-electron chi connectivity index (χ4n) is 8.28. The lowest BCUT2D eigenvalue weighted by molar-refractivity contribution is -0.167. The summed E-state index contributed by atoms with van der Waals surface area (Å²) in [6, 6.07) is 0. The van der Waals surface area contributed by atoms with Crippen molar-refractivity contribution in [1.29, 1.82) is 0 Å². The zero-order valence-corrected chi connectivity index (χ0v) is 41.8. The highest BCUT2D eigenvalue weighted by molar-refractivity contribution is 5.71. The normalized spacial score (nSPS) is 12.9. The second kappa shape index (κ2) is 47.9. The van der Waals surface area contributed by atoms with Crippen LogP contribution in [0, 0.1) is 11.8 Å². The highest BCUT2D eigenvalue weighted by Gasteiger charge is 2.19. The van der Waals surface area contributed by atoms with Crippen LogP contribution in [-0.2, 0) is 28.6 Å². The summed E-state index contributed by atoms with van der Waals surface area (Å²) in [5.41, 5.74) is 0. The van der Waals surface area contributed by atoms with E-state index in [9.17, 15) is 14.4 Å². The molecular weight excluding hydrogens is 757 g/mol. The predicted molar refractivity (Wildman–Crippen MR) is 261 cm³/mol. The molecule has 0 aromatic heterocycles. The molecule has 0 aromatic rings. The van der Waals surface area contributed by atoms with Crippen LogP contribution in [0.25, 0.3) is 0 Å². The second-order valence-corrected chi connectivity index (χ2v) is 19.4. The molecular formula is C55H106O6. The van der Waals surface area contributed by atoms with Crippen molar-refractivity contribution in [1.82, 2.24) is 0 Å². The molecule has 0 bridgehead atoms. The smallest absolute Gasteiger partial charge is 0.306 e. The Balaban J connectivity index is 4.25. The number of hydrogen-bond donors (Lipinski definition) is 0. The molecule has 61 heavy (non-hydrogen) atoms. The van der Waals surface area contributed by atoms with Crippen LogP contribution < -0.4 is 0 Å². The summed E-state index contributed by atoms with van der Waals surface area (Å²) < 4.78 is 16.8. The first-order valence-electron chi connectivity index (χ1n) is 27.3. The highest BCUT2D eigenvalue weighted by Crippen LogP contribution is 2.18. The van der Waals surface area contributed by atoms with E-state index in [1.54, 1.807) is 0 Å². The third-order valence-electron chi connectivity index (χ3n) is 13.2. The van der Waals surface area contributed by atoms with Gasteiger partial charge in [0.1, 0.15) is 13.2 Å². The van der Waals surface area contributed by atoms with Gasteiger partial charge >= 0.3 is 17.9 Å². The number of esters is 3. The van der Waals surface area contributed by atoms with Crippen molar-refractivity contribution in [2.24, 2.45) is 11.8 Å². The second-order valence-electron chi connectivity index (χ2n) is 19.4. The molecule has 0 saturated heterocycles. The number of unbranched alkanes of at least 4 members (excludes halogenated alkanes) is 32. The van der Waals surface area contributed by atoms with Crippen molar-refractivity contribution in [2.45, 2.75) is 310 Å². The monoisotopic (exact) mass is 863 g/mol. The molecule has 0 aliphatic rings. The highest BCUT2D eigenvalue weighted by atomic mass is 16.6. The molecule has 0 aliphatic carbocycles. The van der Waals surface area contributed by atoms with E-state index in [4.69, 9.17) is 14.2 Å². The largest absolute Gasteiger partial charge is 0.462 e. The zero-order valence-electron chi connectivity index (χ0n) is 41.8. The van der Waals surface area contributed by atoms with Crippen LogP contribution in [0.2, 0.25) is 0 Å². The minimum absolute atomic E-state index is 0.0642. The summed E-state index contributed by atoms with van der Waals surface area (Å²) in [6.45, 7) is 11.4. The third-order valence-corrected chi connectivity index (χ3v) is 13.2. The Morgan fingerprint density at radius 1 is 0.328 bits per heavy atom. The van der Waals surface area contributed by atoms with Crippen LogP contribution in [0.1, 0.15) is 304 Å². The Hall–Kier alpha value is -1.59. The van der Waals surface area contributed by atoms with Gasteiger partial charge in [0.05, 0.1) is 0 Å². The molecule has 0 saturated carbocycles. The molecule has 0 aliphatic heterocycles. The van der Waals surface area contributed by atoms with Crippen molar-refractivity contribution < 1.29 is 28.6 Å². The average molecular weight is 863 g/mol. The Morgan fingerprint density at radius 3 is 0.852 bits per heavy atom. The number of carbonyl (C=O) groups is 3. The molecule has 2 unspecified atom stereocenters. The fraction of sp³-hybridized carbons (Fsp3) is 0.945. The first kappa shape index (κ1) is 59.4. The predicted octanol–water partition coefficient (Wildman–Crippen LogP) is 17.7. The first-order valence-corrected chi connectivity index (χ1v) is 27.3. The van der Waals surface area contributed by atoms with Crippen molar-refractivity contribution in [3.8, 4) is 0 Å². The van der Waals surface area contributed by atoms with Gasteiger partial charge in [-0.1, -0.05) is 266 Å². The van der Waals surface area contributed by atoms with E-state index >= 15 is 0 Å². The van der Waals surface area contributed by atoms with Crippen molar-refractivity contribution in [3.05, 3.63) is 0 Å². The lowest BCUT2D eigenvalue weighted by atomic mass is 9.99. The van der Waals surface area contributed by atoms with Crippen LogP contribution in [-0.4, -0.2) is 37.2 Å². The van der Waals surface area contributed by atoms with E-state index in [2.05, 4.69) is 34.6 Å². The molecule has 6 nitrogen and oxygen atoms in total. The summed E-state index contributed by atoms with van der Waals surface area (Å²) in [5.74, 6) is 0.858. The summed E-state index contributed by atoms with van der Waals surface area (Å²) in [7, 11) is 0. The Kier molecular flexibility index (Phi) is 46.6. The average Bonchev–Trinajstić information content (AvgIpc) is 3.26. The maximum absolute atomic E-state index is 12.8. The molecule has 0 amide bonds. The minimum atomic E-state index is -0.763. The Morgan fingerprint density at radius 2 is 0.574 bits per heavy atom. The van der Waals surface area contributed by atoms with E-state index in [0.717, 1.165) is 69.6 Å². The maximum atomic E-state index is 12.8. The van der Waals surface area contributed by atoms with Crippen molar-refractivity contribution in [3.63, 3.8) is 0 Å². The van der Waals surface area contributed by atoms with Crippen LogP contribution in [0.5, 0.6) is 0 Å². The van der Waals surface area contributed by atoms with Crippen LogP contribution in [0.3, 0.4) is 0 Å². The van der Waals surface area contributed by atoms with E-state index in [0.29, 0.717) is 19.3 Å². The summed E-state index contributed by atoms with van der Waals surface area (Å²) in [5, 5.41) is 0. The first-order chi connectivity index (χ1) is 29.8. The van der Waals surface area contributed by atoms with Gasteiger partial charge in [-0.2, -0.15) is 0 Å². The Labute approximate surface area is 380 Å². The van der Waals surface area contributed by atoms with Crippen LogP contribution in [0.4, 0.5) is 0 Å². The lowest BCUT2D eigenvalue weighted by Gasteiger charge is -2.18. The lowest BCUT2D eigenvalue weighted by Crippen LogP contribution is -2.30. The SMILES string of the molecule is CCCCCCCCCCCCCCCCCC(=O)OC[C@H](COC(=O)CCCCCCCCCCCCCCCCC(C)CC)OC(=O)CCCCCCCCC(C)CC. The molecule has 0 N–H and O–H groups in total. The molecule has 0 rings (SSSR count). The Bertz CT molecular complexity index is 935. The third kappa shape index (κ3) is 46.2. The molecule has 0 fully saturated rings. The molecule has 3 atom stereocenters. The van der Waals surface area contributed by atoms with Gasteiger partial charge in [-0.25, -0.2) is 0 Å². The van der Waals surface area contributed by atoms with Gasteiger partial charge in [-0.15, -0.1) is 0 Å². The van der Waals surface area contributed by atoms with Crippen molar-refractivity contribution >= 4 is 17.9 Å². The molecule has 0 heterocycles.